The van der Waals surface area contributed by atoms with Crippen LogP contribution in [-0.2, 0) is 22.4 Å². The highest BCUT2D eigenvalue weighted by atomic mass is 16.5. The molecule has 2 N–H and O–H groups in total. The zero-order valence-electron chi connectivity index (χ0n) is 19.3. The van der Waals surface area contributed by atoms with Crippen LogP contribution in [0.1, 0.15) is 30.5 Å². The Balaban J connectivity index is 1.51. The van der Waals surface area contributed by atoms with Crippen molar-refractivity contribution in [1.82, 2.24) is 0 Å². The molecule has 3 rings (SSSR count). The fourth-order valence-corrected chi connectivity index (χ4v) is 3.16. The maximum absolute atomic E-state index is 12.4. The normalized spacial score (nSPS) is 10.4. The van der Waals surface area contributed by atoms with E-state index >= 15 is 0 Å². The molecule has 0 aromatic heterocycles. The zero-order valence-corrected chi connectivity index (χ0v) is 19.3. The molecular weight excluding hydrogens is 416 g/mol. The molecule has 3 aromatic rings. The number of benzene rings is 3. The monoisotopic (exact) mass is 446 g/mol. The Morgan fingerprint density at radius 2 is 1.18 bits per heavy atom. The summed E-state index contributed by atoms with van der Waals surface area (Å²) in [7, 11) is 0. The summed E-state index contributed by atoms with van der Waals surface area (Å²) in [6.45, 7) is 5.84. The number of carbonyl (C=O) groups is 2. The van der Waals surface area contributed by atoms with Gasteiger partial charge in [0.2, 0.25) is 0 Å². The molecule has 0 bridgehead atoms. The first-order valence-electron chi connectivity index (χ1n) is 11.1. The minimum absolute atomic E-state index is 0.105. The Morgan fingerprint density at radius 1 is 0.697 bits per heavy atom. The first-order valence-corrected chi connectivity index (χ1v) is 11.1. The highest BCUT2D eigenvalue weighted by Crippen LogP contribution is 2.21. The third kappa shape index (κ3) is 7.38. The Bertz CT molecular complexity index is 1080. The number of hydrogen-bond donors (Lipinski definition) is 2. The molecule has 3 aromatic carbocycles. The summed E-state index contributed by atoms with van der Waals surface area (Å²) < 4.78 is 11.1. The SMILES string of the molecule is CCc1ccc(OCC(=O)Nc2ccc(C)c(NC(=O)COc3ccc(CC)cc3)c2)cc1. The van der Waals surface area contributed by atoms with Crippen LogP contribution in [0, 0.1) is 6.92 Å². The quantitative estimate of drug-likeness (QED) is 0.451. The van der Waals surface area contributed by atoms with Gasteiger partial charge in [0.25, 0.3) is 11.8 Å². The van der Waals surface area contributed by atoms with E-state index in [2.05, 4.69) is 24.5 Å². The predicted octanol–water partition coefficient (Wildman–Crippen LogP) is 5.15. The maximum Gasteiger partial charge on any atom is 0.262 e. The second-order valence-corrected chi connectivity index (χ2v) is 7.70. The lowest BCUT2D eigenvalue weighted by Crippen LogP contribution is -2.22. The van der Waals surface area contributed by atoms with Crippen molar-refractivity contribution in [1.29, 1.82) is 0 Å². The van der Waals surface area contributed by atoms with E-state index in [9.17, 15) is 9.59 Å². The maximum atomic E-state index is 12.4. The zero-order chi connectivity index (χ0) is 23.6. The Labute approximate surface area is 194 Å². The first-order chi connectivity index (χ1) is 16.0. The van der Waals surface area contributed by atoms with Crippen LogP contribution in [0.3, 0.4) is 0 Å². The van der Waals surface area contributed by atoms with E-state index in [0.717, 1.165) is 18.4 Å². The molecule has 0 spiro atoms. The lowest BCUT2D eigenvalue weighted by Gasteiger charge is -2.13. The average Bonchev–Trinajstić information content (AvgIpc) is 2.84. The van der Waals surface area contributed by atoms with Crippen molar-refractivity contribution >= 4 is 23.2 Å². The van der Waals surface area contributed by atoms with Crippen LogP contribution in [0.5, 0.6) is 11.5 Å². The van der Waals surface area contributed by atoms with Crippen molar-refractivity contribution in [3.05, 3.63) is 83.4 Å². The minimum atomic E-state index is -0.283. The molecule has 6 nitrogen and oxygen atoms in total. The van der Waals surface area contributed by atoms with Gasteiger partial charge in [-0.05, 0) is 72.9 Å². The smallest absolute Gasteiger partial charge is 0.262 e. The van der Waals surface area contributed by atoms with Crippen molar-refractivity contribution in [3.63, 3.8) is 0 Å². The van der Waals surface area contributed by atoms with Gasteiger partial charge in [0.1, 0.15) is 11.5 Å². The van der Waals surface area contributed by atoms with Crippen LogP contribution in [-0.4, -0.2) is 25.0 Å². The van der Waals surface area contributed by atoms with Gasteiger partial charge in [0, 0.05) is 11.4 Å². The van der Waals surface area contributed by atoms with Crippen molar-refractivity contribution in [2.45, 2.75) is 33.6 Å². The number of hydrogen-bond acceptors (Lipinski definition) is 4. The van der Waals surface area contributed by atoms with Crippen LogP contribution in [0.4, 0.5) is 11.4 Å². The highest BCUT2D eigenvalue weighted by Gasteiger charge is 2.09. The van der Waals surface area contributed by atoms with Gasteiger partial charge >= 0.3 is 0 Å². The van der Waals surface area contributed by atoms with E-state index < -0.39 is 0 Å². The van der Waals surface area contributed by atoms with Gasteiger partial charge in [-0.2, -0.15) is 0 Å². The summed E-state index contributed by atoms with van der Waals surface area (Å²) >= 11 is 0. The van der Waals surface area contributed by atoms with Gasteiger partial charge in [0.05, 0.1) is 0 Å². The summed E-state index contributed by atoms with van der Waals surface area (Å²) in [5.74, 6) is 0.725. The summed E-state index contributed by atoms with van der Waals surface area (Å²) in [5, 5.41) is 5.64. The molecule has 0 heterocycles. The number of amides is 2. The molecule has 2 amide bonds. The van der Waals surface area contributed by atoms with Crippen LogP contribution >= 0.6 is 0 Å². The van der Waals surface area contributed by atoms with Gasteiger partial charge in [-0.15, -0.1) is 0 Å². The molecule has 0 saturated heterocycles. The third-order valence-corrected chi connectivity index (χ3v) is 5.20. The van der Waals surface area contributed by atoms with Gasteiger partial charge in [-0.1, -0.05) is 44.2 Å². The highest BCUT2D eigenvalue weighted by molar-refractivity contribution is 5.95. The van der Waals surface area contributed by atoms with Crippen LogP contribution < -0.4 is 20.1 Å². The molecule has 0 aliphatic heterocycles. The minimum Gasteiger partial charge on any atom is -0.484 e. The fraction of sp³-hybridized carbons (Fsp3) is 0.259. The molecular formula is C27H30N2O4. The van der Waals surface area contributed by atoms with Crippen molar-refractivity contribution in [2.24, 2.45) is 0 Å². The molecule has 0 unspecified atom stereocenters. The van der Waals surface area contributed by atoms with E-state index in [1.807, 2.05) is 61.5 Å². The Hall–Kier alpha value is -3.80. The van der Waals surface area contributed by atoms with Gasteiger partial charge in [0.15, 0.2) is 13.2 Å². The van der Waals surface area contributed by atoms with E-state index in [1.54, 1.807) is 12.1 Å². The van der Waals surface area contributed by atoms with Crippen LogP contribution in [0.25, 0.3) is 0 Å². The first kappa shape index (κ1) is 23.9. The lowest BCUT2D eigenvalue weighted by molar-refractivity contribution is -0.118. The van der Waals surface area contributed by atoms with E-state index in [-0.39, 0.29) is 25.0 Å². The van der Waals surface area contributed by atoms with Gasteiger partial charge in [-0.25, -0.2) is 0 Å². The molecule has 33 heavy (non-hydrogen) atoms. The van der Waals surface area contributed by atoms with E-state index in [0.29, 0.717) is 22.9 Å². The van der Waals surface area contributed by atoms with E-state index in [4.69, 9.17) is 9.47 Å². The Kier molecular flexibility index (Phi) is 8.47. The summed E-state index contributed by atoms with van der Waals surface area (Å²) in [5.41, 5.74) is 4.48. The molecule has 0 aliphatic rings. The van der Waals surface area contributed by atoms with Crippen LogP contribution in [0.2, 0.25) is 0 Å². The molecule has 0 aliphatic carbocycles. The number of nitrogens with one attached hydrogen (secondary N) is 2. The van der Waals surface area contributed by atoms with Crippen LogP contribution in [0.15, 0.2) is 66.7 Å². The lowest BCUT2D eigenvalue weighted by atomic mass is 10.1. The average molecular weight is 447 g/mol. The largest absolute Gasteiger partial charge is 0.484 e. The molecule has 6 heteroatoms. The number of ether oxygens (including phenoxy) is 2. The van der Waals surface area contributed by atoms with Crippen molar-refractivity contribution < 1.29 is 19.1 Å². The van der Waals surface area contributed by atoms with E-state index in [1.165, 1.54) is 11.1 Å². The third-order valence-electron chi connectivity index (χ3n) is 5.20. The number of aryl methyl sites for hydroxylation is 3. The number of rotatable bonds is 10. The molecule has 0 saturated carbocycles. The standard InChI is InChI=1S/C27H30N2O4/c1-4-20-7-12-23(13-8-20)32-17-26(30)28-22-11-6-19(3)25(16-22)29-27(31)18-33-24-14-9-21(5-2)10-15-24/h6-16H,4-5,17-18H2,1-3H3,(H,28,30)(H,29,31). The molecule has 0 atom stereocenters. The number of carbonyl (C=O) groups excluding carboxylic acids is 2. The second kappa shape index (κ2) is 11.7. The molecule has 0 fully saturated rings. The van der Waals surface area contributed by atoms with Crippen molar-refractivity contribution in [3.8, 4) is 11.5 Å². The summed E-state index contributed by atoms with van der Waals surface area (Å²) in [6.07, 6.45) is 1.90. The van der Waals surface area contributed by atoms with Gasteiger partial charge in [-0.3, -0.25) is 9.59 Å². The van der Waals surface area contributed by atoms with Crippen molar-refractivity contribution in [2.75, 3.05) is 23.8 Å². The summed E-state index contributed by atoms with van der Waals surface area (Å²) in [6, 6.07) is 20.7. The van der Waals surface area contributed by atoms with Gasteiger partial charge < -0.3 is 20.1 Å². The molecule has 172 valence electrons. The summed E-state index contributed by atoms with van der Waals surface area (Å²) in [4.78, 5) is 24.6. The fourth-order valence-electron chi connectivity index (χ4n) is 3.16. The predicted molar refractivity (Wildman–Crippen MR) is 131 cm³/mol. The second-order valence-electron chi connectivity index (χ2n) is 7.70. The Morgan fingerprint density at radius 3 is 1.67 bits per heavy atom. The topological polar surface area (TPSA) is 76.7 Å². The molecule has 0 radical (unpaired) electrons. The number of anilines is 2.